The zero-order valence-corrected chi connectivity index (χ0v) is 13.4. The number of nitrogens with one attached hydrogen (secondary N) is 1. The van der Waals surface area contributed by atoms with Gasteiger partial charge >= 0.3 is 0 Å². The lowest BCUT2D eigenvalue weighted by atomic mass is 9.84. The van der Waals surface area contributed by atoms with Gasteiger partial charge in [0.2, 0.25) is 0 Å². The Labute approximate surface area is 122 Å². The fourth-order valence-electron chi connectivity index (χ4n) is 3.37. The topological polar surface area (TPSA) is 46.0 Å². The smallest absolute Gasteiger partial charge is 0.0843 e. The predicted octanol–water partition coefficient (Wildman–Crippen LogP) is 1.60. The molecule has 2 unspecified atom stereocenters. The number of hydrogen-bond acceptors (Lipinski definition) is 4. The van der Waals surface area contributed by atoms with E-state index in [2.05, 4.69) is 41.3 Å². The van der Waals surface area contributed by atoms with Gasteiger partial charge in [-0.3, -0.25) is 9.58 Å². The number of likely N-dealkylation sites (tertiary alicyclic amines) is 1. The molecular weight excluding hydrogens is 250 g/mol. The Morgan fingerprint density at radius 3 is 2.55 bits per heavy atom. The van der Waals surface area contributed by atoms with Crippen LogP contribution in [-0.2, 0) is 13.5 Å². The van der Waals surface area contributed by atoms with Gasteiger partial charge in [-0.05, 0) is 45.8 Å². The van der Waals surface area contributed by atoms with Crippen LogP contribution in [0.15, 0.2) is 6.20 Å². The second-order valence-corrected chi connectivity index (χ2v) is 6.10. The van der Waals surface area contributed by atoms with E-state index in [4.69, 9.17) is 0 Å². The molecule has 114 valence electrons. The van der Waals surface area contributed by atoms with Crippen molar-refractivity contribution < 1.29 is 0 Å². The molecule has 1 aliphatic heterocycles. The maximum atomic E-state index is 4.27. The molecule has 1 aromatic rings. The van der Waals surface area contributed by atoms with Crippen LogP contribution >= 0.6 is 0 Å². The first-order valence-electron chi connectivity index (χ1n) is 7.93. The molecule has 1 N–H and O–H groups in total. The van der Waals surface area contributed by atoms with Crippen LogP contribution in [0.1, 0.15) is 45.7 Å². The highest BCUT2D eigenvalue weighted by Gasteiger charge is 2.39. The van der Waals surface area contributed by atoms with Crippen LogP contribution in [-0.4, -0.2) is 51.1 Å². The molecule has 0 saturated carbocycles. The van der Waals surface area contributed by atoms with E-state index < -0.39 is 0 Å². The molecule has 2 heterocycles. The second kappa shape index (κ2) is 6.68. The van der Waals surface area contributed by atoms with Crippen LogP contribution in [0.3, 0.4) is 0 Å². The van der Waals surface area contributed by atoms with E-state index in [1.54, 1.807) is 4.68 Å². The Morgan fingerprint density at radius 2 is 2.05 bits per heavy atom. The minimum Gasteiger partial charge on any atom is -0.312 e. The summed E-state index contributed by atoms with van der Waals surface area (Å²) in [5.74, 6) is 0. The van der Waals surface area contributed by atoms with Gasteiger partial charge < -0.3 is 5.32 Å². The first-order chi connectivity index (χ1) is 9.60. The average Bonchev–Trinajstić information content (AvgIpc) is 3.09. The molecule has 0 aromatic carbocycles. The molecule has 0 bridgehead atoms. The van der Waals surface area contributed by atoms with Crippen LogP contribution in [0, 0.1) is 0 Å². The van der Waals surface area contributed by atoms with Gasteiger partial charge in [0.25, 0.3) is 0 Å². The number of nitrogens with zero attached hydrogens (tertiary/aromatic N) is 4. The molecular formula is C15H29N5. The van der Waals surface area contributed by atoms with E-state index >= 15 is 0 Å². The highest BCUT2D eigenvalue weighted by Crippen LogP contribution is 2.29. The average molecular weight is 279 g/mol. The largest absolute Gasteiger partial charge is 0.312 e. The molecule has 0 amide bonds. The summed E-state index contributed by atoms with van der Waals surface area (Å²) in [5.41, 5.74) is 1.28. The standard InChI is InChI=1S/C15H29N5/c1-5-15(3,20-9-7-8-10-20)14(16-6-2)11-13-12-19(4)18-17-13/h12,14,16H,5-11H2,1-4H3. The summed E-state index contributed by atoms with van der Waals surface area (Å²) in [6.07, 6.45) is 6.80. The van der Waals surface area contributed by atoms with Gasteiger partial charge in [-0.25, -0.2) is 0 Å². The summed E-state index contributed by atoms with van der Waals surface area (Å²) in [7, 11) is 1.93. The summed E-state index contributed by atoms with van der Waals surface area (Å²) < 4.78 is 1.79. The van der Waals surface area contributed by atoms with Gasteiger partial charge in [0, 0.05) is 31.2 Å². The highest BCUT2D eigenvalue weighted by atomic mass is 15.4. The van der Waals surface area contributed by atoms with Crippen molar-refractivity contribution >= 4 is 0 Å². The molecule has 2 rings (SSSR count). The van der Waals surface area contributed by atoms with E-state index in [9.17, 15) is 0 Å². The fourth-order valence-corrected chi connectivity index (χ4v) is 3.37. The Kier molecular flexibility index (Phi) is 5.16. The van der Waals surface area contributed by atoms with Crippen molar-refractivity contribution in [2.24, 2.45) is 7.05 Å². The number of aromatic nitrogens is 3. The number of aryl methyl sites for hydroxylation is 1. The Bertz CT molecular complexity index is 410. The lowest BCUT2D eigenvalue weighted by Crippen LogP contribution is -2.59. The van der Waals surface area contributed by atoms with Crippen LogP contribution in [0.5, 0.6) is 0 Å². The maximum Gasteiger partial charge on any atom is 0.0843 e. The third-order valence-corrected chi connectivity index (χ3v) is 4.81. The Balaban J connectivity index is 2.15. The predicted molar refractivity (Wildman–Crippen MR) is 81.7 cm³/mol. The van der Waals surface area contributed by atoms with Gasteiger partial charge in [-0.1, -0.05) is 19.1 Å². The minimum absolute atomic E-state index is 0.198. The summed E-state index contributed by atoms with van der Waals surface area (Å²) in [4.78, 5) is 2.66. The second-order valence-electron chi connectivity index (χ2n) is 6.10. The summed E-state index contributed by atoms with van der Waals surface area (Å²) in [5, 5.41) is 12.0. The molecule has 0 radical (unpaired) electrons. The van der Waals surface area contributed by atoms with E-state index in [1.807, 2.05) is 13.2 Å². The van der Waals surface area contributed by atoms with Crippen molar-refractivity contribution in [2.75, 3.05) is 19.6 Å². The fraction of sp³-hybridized carbons (Fsp3) is 0.867. The van der Waals surface area contributed by atoms with Crippen LogP contribution in [0.25, 0.3) is 0 Å². The Hall–Kier alpha value is -0.940. The Morgan fingerprint density at radius 1 is 1.35 bits per heavy atom. The van der Waals surface area contributed by atoms with Crippen molar-refractivity contribution in [1.82, 2.24) is 25.2 Å². The van der Waals surface area contributed by atoms with Gasteiger partial charge in [-0.2, -0.15) is 0 Å². The van der Waals surface area contributed by atoms with E-state index in [-0.39, 0.29) is 5.54 Å². The van der Waals surface area contributed by atoms with Gasteiger partial charge in [0.15, 0.2) is 0 Å². The summed E-state index contributed by atoms with van der Waals surface area (Å²) in [6.45, 7) is 10.3. The van der Waals surface area contributed by atoms with E-state index in [0.717, 1.165) is 25.1 Å². The van der Waals surface area contributed by atoms with Crippen LogP contribution in [0.4, 0.5) is 0 Å². The SMILES string of the molecule is CCNC(Cc1cn(C)nn1)C(C)(CC)N1CCCC1. The summed E-state index contributed by atoms with van der Waals surface area (Å²) in [6, 6.07) is 0.423. The minimum atomic E-state index is 0.198. The normalized spacial score (nSPS) is 21.0. The number of rotatable bonds is 7. The first-order valence-corrected chi connectivity index (χ1v) is 7.93. The van der Waals surface area contributed by atoms with Crippen LogP contribution in [0.2, 0.25) is 0 Å². The maximum absolute atomic E-state index is 4.27. The molecule has 5 nitrogen and oxygen atoms in total. The first kappa shape index (κ1) is 15.4. The zero-order chi connectivity index (χ0) is 14.6. The van der Waals surface area contributed by atoms with Crippen molar-refractivity contribution in [3.05, 3.63) is 11.9 Å². The molecule has 1 saturated heterocycles. The van der Waals surface area contributed by atoms with Crippen molar-refractivity contribution in [3.8, 4) is 0 Å². The lowest BCUT2D eigenvalue weighted by Gasteiger charge is -2.44. The van der Waals surface area contributed by atoms with Crippen LogP contribution < -0.4 is 5.32 Å². The molecule has 1 aromatic heterocycles. The monoisotopic (exact) mass is 279 g/mol. The number of likely N-dealkylation sites (N-methyl/N-ethyl adjacent to an activating group) is 1. The van der Waals surface area contributed by atoms with Gasteiger partial charge in [-0.15, -0.1) is 5.10 Å². The van der Waals surface area contributed by atoms with Gasteiger partial charge in [0.05, 0.1) is 5.69 Å². The van der Waals surface area contributed by atoms with Crippen molar-refractivity contribution in [3.63, 3.8) is 0 Å². The number of hydrogen-bond donors (Lipinski definition) is 1. The third kappa shape index (κ3) is 3.20. The van der Waals surface area contributed by atoms with Crippen molar-refractivity contribution in [2.45, 2.75) is 58.0 Å². The molecule has 0 spiro atoms. The van der Waals surface area contributed by atoms with Gasteiger partial charge in [0.1, 0.15) is 0 Å². The zero-order valence-electron chi connectivity index (χ0n) is 13.4. The highest BCUT2D eigenvalue weighted by molar-refractivity contribution is 5.05. The molecule has 1 fully saturated rings. The van der Waals surface area contributed by atoms with E-state index in [0.29, 0.717) is 6.04 Å². The molecule has 5 heteroatoms. The third-order valence-electron chi connectivity index (χ3n) is 4.81. The molecule has 1 aliphatic rings. The van der Waals surface area contributed by atoms with E-state index in [1.165, 1.54) is 25.9 Å². The van der Waals surface area contributed by atoms with Crippen molar-refractivity contribution in [1.29, 1.82) is 0 Å². The quantitative estimate of drug-likeness (QED) is 0.823. The summed E-state index contributed by atoms with van der Waals surface area (Å²) >= 11 is 0. The molecule has 20 heavy (non-hydrogen) atoms. The lowest BCUT2D eigenvalue weighted by molar-refractivity contribution is 0.0843. The molecule has 2 atom stereocenters. The molecule has 0 aliphatic carbocycles.